The number of aromatic nitrogens is 3. The first-order valence-electron chi connectivity index (χ1n) is 25.5. The Bertz CT molecular complexity index is 3130. The molecule has 376 valence electrons. The summed E-state index contributed by atoms with van der Waals surface area (Å²) in [5, 5.41) is 5.87. The van der Waals surface area contributed by atoms with Gasteiger partial charge in [0.15, 0.2) is 5.82 Å². The molecule has 5 aromatic rings. The third kappa shape index (κ3) is 8.17. The maximum Gasteiger partial charge on any atom is 0.257 e. The van der Waals surface area contributed by atoms with Crippen LogP contribution in [0.4, 0.5) is 25.8 Å². The molecule has 3 atom stereocenters. The minimum atomic E-state index is -0.664. The molecule has 3 aromatic heterocycles. The summed E-state index contributed by atoms with van der Waals surface area (Å²) >= 11 is 0. The lowest BCUT2D eigenvalue weighted by atomic mass is 9.92. The number of rotatable bonds is 10. The molecule has 6 aliphatic rings. The molecule has 15 nitrogen and oxygen atoms in total. The van der Waals surface area contributed by atoms with E-state index < -0.39 is 23.2 Å². The fraction of sp³-hybridized carbons (Fsp3) is 0.455. The summed E-state index contributed by atoms with van der Waals surface area (Å²) in [6, 6.07) is 14.0. The average molecular weight is 981 g/mol. The molecule has 1 aliphatic carbocycles. The second kappa shape index (κ2) is 18.4. The molecular formula is C55H62F2N10O5. The fourth-order valence-corrected chi connectivity index (χ4v) is 12.4. The number of likely N-dealkylation sites (tertiary alicyclic amines) is 1. The Balaban J connectivity index is 0.688. The zero-order valence-corrected chi connectivity index (χ0v) is 41.6. The molecule has 11 rings (SSSR count). The van der Waals surface area contributed by atoms with Crippen LogP contribution in [-0.4, -0.2) is 124 Å². The molecule has 1 spiro atoms. The van der Waals surface area contributed by atoms with Gasteiger partial charge in [-0.05, 0) is 124 Å². The molecule has 0 unspecified atom stereocenters. The van der Waals surface area contributed by atoms with Crippen molar-refractivity contribution in [3.05, 3.63) is 117 Å². The number of benzene rings is 2. The van der Waals surface area contributed by atoms with Crippen LogP contribution in [0.3, 0.4) is 0 Å². The second-order valence-corrected chi connectivity index (χ2v) is 20.9. The number of pyridine rings is 2. The lowest BCUT2D eigenvalue weighted by molar-refractivity contribution is -0.135. The van der Waals surface area contributed by atoms with Crippen molar-refractivity contribution in [3.63, 3.8) is 0 Å². The van der Waals surface area contributed by atoms with Crippen molar-refractivity contribution >= 4 is 57.3 Å². The van der Waals surface area contributed by atoms with Crippen molar-refractivity contribution in [1.82, 2.24) is 34.1 Å². The summed E-state index contributed by atoms with van der Waals surface area (Å²) in [5.74, 6) is -1.32. The molecule has 8 heterocycles. The van der Waals surface area contributed by atoms with Gasteiger partial charge in [0.1, 0.15) is 17.5 Å². The number of hydrogen-bond donors (Lipinski definition) is 2. The maximum atomic E-state index is 16.2. The van der Waals surface area contributed by atoms with E-state index in [0.29, 0.717) is 73.4 Å². The predicted octanol–water partition coefficient (Wildman–Crippen LogP) is 6.45. The van der Waals surface area contributed by atoms with Gasteiger partial charge in [-0.25, -0.2) is 13.8 Å². The van der Waals surface area contributed by atoms with Gasteiger partial charge in [-0.15, -0.1) is 0 Å². The van der Waals surface area contributed by atoms with Gasteiger partial charge >= 0.3 is 0 Å². The molecule has 17 heteroatoms. The van der Waals surface area contributed by atoms with Crippen molar-refractivity contribution in [1.29, 1.82) is 0 Å². The Morgan fingerprint density at radius 3 is 2.42 bits per heavy atom. The highest BCUT2D eigenvalue weighted by Gasteiger charge is 2.61. The number of imide groups is 1. The molecule has 2 aromatic carbocycles. The summed E-state index contributed by atoms with van der Waals surface area (Å²) in [7, 11) is 3.51. The van der Waals surface area contributed by atoms with Crippen LogP contribution >= 0.6 is 0 Å². The monoisotopic (exact) mass is 980 g/mol. The minimum absolute atomic E-state index is 0.0208. The van der Waals surface area contributed by atoms with E-state index in [1.54, 1.807) is 24.2 Å². The highest BCUT2D eigenvalue weighted by atomic mass is 19.1. The first-order chi connectivity index (χ1) is 34.6. The number of anilines is 3. The van der Waals surface area contributed by atoms with E-state index in [2.05, 4.69) is 62.4 Å². The number of fused-ring (bicyclic) bond motifs is 3. The number of piperidine rings is 2. The van der Waals surface area contributed by atoms with E-state index in [1.165, 1.54) is 22.9 Å². The fourth-order valence-electron chi connectivity index (χ4n) is 12.4. The SMILES string of the molecule is CNc1cc(=O)n(-c2ccnc3c2cc([C@H](C)N2CC=C(c4c(C)cc(C(=O)N5CCC(CN6CCN(c7ccc8c(c7)C7(CC7)C(=O)N8[C@H]7CCC(=O)NC7=O)C[C@@H]6C)CC5)cc4F)CC2)n3C)cc1F. The standard InChI is InChI=1S/C55H62F2N10O5/c1-32-24-37(25-41(56)50(32)36-13-20-62(21-14-36)34(3)47-27-39-44(10-17-59-51(39)61(47)5)66-31-42(57)43(58-4)28-49(66)69)53(71)63-18-11-35(12-19-63)30-64-22-23-65(29-33(64)2)38-6-7-45-40(26-38)55(15-16-55)54(72)67(45)46-8-9-48(68)60-52(46)70/h6-7,10,13,17,24-28,31,33-35,46,58H,8-9,11-12,14-16,18-23,29-30H2,1-5H3,(H,60,68,70)/t33-,34-,46-/m0/s1. The number of aryl methyl sites for hydroxylation is 2. The van der Waals surface area contributed by atoms with Crippen molar-refractivity contribution in [2.75, 3.05) is 74.5 Å². The van der Waals surface area contributed by atoms with Crippen molar-refractivity contribution in [3.8, 4) is 5.69 Å². The lowest BCUT2D eigenvalue weighted by Crippen LogP contribution is -2.54. The zero-order valence-electron chi connectivity index (χ0n) is 41.6. The molecule has 72 heavy (non-hydrogen) atoms. The molecule has 1 saturated carbocycles. The topological polar surface area (TPSA) is 148 Å². The van der Waals surface area contributed by atoms with Gasteiger partial charge in [0.05, 0.1) is 23.0 Å². The van der Waals surface area contributed by atoms with E-state index in [9.17, 15) is 28.4 Å². The summed E-state index contributed by atoms with van der Waals surface area (Å²) in [6.07, 6.45) is 9.39. The van der Waals surface area contributed by atoms with Crippen molar-refractivity contribution in [2.24, 2.45) is 13.0 Å². The van der Waals surface area contributed by atoms with Gasteiger partial charge in [0.2, 0.25) is 17.7 Å². The normalized spacial score (nSPS) is 22.1. The third-order valence-electron chi connectivity index (χ3n) is 16.7. The Morgan fingerprint density at radius 1 is 0.931 bits per heavy atom. The summed E-state index contributed by atoms with van der Waals surface area (Å²) < 4.78 is 34.3. The van der Waals surface area contributed by atoms with Crippen LogP contribution in [0.5, 0.6) is 0 Å². The van der Waals surface area contributed by atoms with Crippen LogP contribution < -0.4 is 26.0 Å². The number of hydrogen-bond acceptors (Lipinski definition) is 10. The van der Waals surface area contributed by atoms with E-state index in [-0.39, 0.29) is 47.2 Å². The smallest absolute Gasteiger partial charge is 0.257 e. The van der Waals surface area contributed by atoms with E-state index in [1.807, 2.05) is 41.6 Å². The minimum Gasteiger partial charge on any atom is -0.386 e. The summed E-state index contributed by atoms with van der Waals surface area (Å²) in [4.78, 5) is 80.8. The number of amides is 4. The third-order valence-corrected chi connectivity index (χ3v) is 16.7. The highest BCUT2D eigenvalue weighted by molar-refractivity contribution is 6.15. The molecule has 0 radical (unpaired) electrons. The van der Waals surface area contributed by atoms with Gasteiger partial charge in [-0.2, -0.15) is 0 Å². The van der Waals surface area contributed by atoms with Gasteiger partial charge < -0.3 is 19.7 Å². The van der Waals surface area contributed by atoms with Gasteiger partial charge in [0, 0.05) is 131 Å². The van der Waals surface area contributed by atoms with Crippen LogP contribution in [0.1, 0.15) is 97.6 Å². The lowest BCUT2D eigenvalue weighted by Gasteiger charge is -2.43. The Morgan fingerprint density at radius 2 is 1.72 bits per heavy atom. The van der Waals surface area contributed by atoms with E-state index in [0.717, 1.165) is 91.0 Å². The van der Waals surface area contributed by atoms with Gasteiger partial charge in [-0.3, -0.25) is 48.6 Å². The van der Waals surface area contributed by atoms with Crippen molar-refractivity contribution in [2.45, 2.75) is 89.3 Å². The van der Waals surface area contributed by atoms with E-state index >= 15 is 4.39 Å². The van der Waals surface area contributed by atoms with Crippen LogP contribution in [0.2, 0.25) is 0 Å². The molecular weight excluding hydrogens is 919 g/mol. The van der Waals surface area contributed by atoms with Crippen molar-refractivity contribution < 1.29 is 28.0 Å². The van der Waals surface area contributed by atoms with Gasteiger partial charge in [0.25, 0.3) is 11.5 Å². The molecule has 0 bridgehead atoms. The quantitative estimate of drug-likeness (QED) is 0.150. The second-order valence-electron chi connectivity index (χ2n) is 20.9. The molecule has 5 aliphatic heterocycles. The predicted molar refractivity (Wildman–Crippen MR) is 272 cm³/mol. The zero-order chi connectivity index (χ0) is 50.3. The highest BCUT2D eigenvalue weighted by Crippen LogP contribution is 2.59. The Labute approximate surface area is 417 Å². The Hall–Kier alpha value is -6.72. The molecule has 2 N–H and O–H groups in total. The largest absolute Gasteiger partial charge is 0.386 e. The Kier molecular flexibility index (Phi) is 12.2. The first kappa shape index (κ1) is 47.6. The van der Waals surface area contributed by atoms with Crippen LogP contribution in [0, 0.1) is 24.5 Å². The number of halogens is 2. The van der Waals surface area contributed by atoms with Crippen LogP contribution in [0.25, 0.3) is 22.3 Å². The van der Waals surface area contributed by atoms with Crippen LogP contribution in [-0.2, 0) is 26.8 Å². The molecule has 3 saturated heterocycles. The number of piperazine rings is 1. The average Bonchev–Trinajstić information content (AvgIpc) is 4.07. The van der Waals surface area contributed by atoms with Gasteiger partial charge in [-0.1, -0.05) is 6.08 Å². The summed E-state index contributed by atoms with van der Waals surface area (Å²) in [6.45, 7) is 12.3. The number of nitrogens with one attached hydrogen (secondary N) is 2. The molecule has 4 amide bonds. The van der Waals surface area contributed by atoms with Crippen LogP contribution in [0.15, 0.2) is 71.8 Å². The number of nitrogens with zero attached hydrogens (tertiary/aromatic N) is 8. The molecule has 4 fully saturated rings. The number of carbonyl (C=O) groups is 4. The van der Waals surface area contributed by atoms with E-state index in [4.69, 9.17) is 0 Å². The number of carbonyl (C=O) groups excluding carboxylic acids is 4. The first-order valence-corrected chi connectivity index (χ1v) is 25.5. The summed E-state index contributed by atoms with van der Waals surface area (Å²) in [5.41, 5.74) is 6.89. The maximum absolute atomic E-state index is 16.2.